The van der Waals surface area contributed by atoms with Gasteiger partial charge in [-0.25, -0.2) is 19.9 Å². The van der Waals surface area contributed by atoms with Crippen LogP contribution < -0.4 is 15.8 Å². The Morgan fingerprint density at radius 2 is 2.00 bits per heavy atom. The molecular formula is C25H29N7O2. The molecule has 3 aromatic heterocycles. The van der Waals surface area contributed by atoms with Gasteiger partial charge in [-0.15, -0.1) is 5.73 Å². The fourth-order valence-electron chi connectivity index (χ4n) is 4.38. The average Bonchev–Trinajstić information content (AvgIpc) is 2.88. The van der Waals surface area contributed by atoms with Crippen molar-refractivity contribution in [1.29, 1.82) is 0 Å². The number of pyridine rings is 1. The van der Waals surface area contributed by atoms with Crippen LogP contribution >= 0.6 is 0 Å². The highest BCUT2D eigenvalue weighted by atomic mass is 16.5. The first-order valence-corrected chi connectivity index (χ1v) is 11.3. The van der Waals surface area contributed by atoms with Gasteiger partial charge in [0, 0.05) is 25.1 Å². The maximum Gasteiger partial charge on any atom is 0.232 e. The smallest absolute Gasteiger partial charge is 0.232 e. The number of rotatable bonds is 8. The number of nitrogens with zero attached hydrogens (tertiary/aromatic N) is 5. The molecule has 3 aromatic rings. The number of hydrogen-bond acceptors (Lipinski definition) is 9. The third-order valence-electron chi connectivity index (χ3n) is 6.16. The molecule has 3 N–H and O–H groups in total. The van der Waals surface area contributed by atoms with Gasteiger partial charge in [0.25, 0.3) is 0 Å². The number of aromatic nitrogens is 5. The van der Waals surface area contributed by atoms with Gasteiger partial charge in [0.05, 0.1) is 47.6 Å². The molecule has 1 aliphatic rings. The summed E-state index contributed by atoms with van der Waals surface area (Å²) in [6.07, 6.45) is 10.3. The Hall–Kier alpha value is -3.81. The van der Waals surface area contributed by atoms with Crippen molar-refractivity contribution in [2.24, 2.45) is 0 Å². The Labute approximate surface area is 199 Å². The van der Waals surface area contributed by atoms with Gasteiger partial charge in [-0.05, 0) is 50.8 Å². The molecule has 0 amide bonds. The summed E-state index contributed by atoms with van der Waals surface area (Å²) < 4.78 is 11.0. The second-order valence-electron chi connectivity index (χ2n) is 8.10. The number of ether oxygens (including phenoxy) is 2. The number of nitrogen functional groups attached to an aromatic ring is 1. The molecule has 1 fully saturated rings. The number of nitrogens with one attached hydrogen (secondary N) is 1. The molecule has 0 spiro atoms. The summed E-state index contributed by atoms with van der Waals surface area (Å²) in [5.74, 6) is 1.39. The van der Waals surface area contributed by atoms with Crippen molar-refractivity contribution in [3.05, 3.63) is 66.7 Å². The third-order valence-corrected chi connectivity index (χ3v) is 6.16. The summed E-state index contributed by atoms with van der Waals surface area (Å²) in [6, 6.07) is 5.74. The largest absolute Gasteiger partial charge is 0.477 e. The average molecular weight is 460 g/mol. The van der Waals surface area contributed by atoms with Crippen LogP contribution in [0.25, 0.3) is 11.3 Å². The molecule has 3 heterocycles. The van der Waals surface area contributed by atoms with Gasteiger partial charge >= 0.3 is 0 Å². The van der Waals surface area contributed by atoms with Gasteiger partial charge < -0.3 is 20.5 Å². The molecule has 34 heavy (non-hydrogen) atoms. The third kappa shape index (κ3) is 4.90. The van der Waals surface area contributed by atoms with Gasteiger partial charge in [0.2, 0.25) is 11.8 Å². The van der Waals surface area contributed by atoms with Crippen LogP contribution in [0.15, 0.2) is 61.0 Å². The fraction of sp³-hybridized carbons (Fsp3) is 0.360. The van der Waals surface area contributed by atoms with E-state index >= 15 is 0 Å². The summed E-state index contributed by atoms with van der Waals surface area (Å²) in [5.41, 5.74) is 11.8. The van der Waals surface area contributed by atoms with Crippen molar-refractivity contribution in [2.45, 2.75) is 44.1 Å². The Balaban J connectivity index is 1.60. The molecule has 0 aromatic carbocycles. The van der Waals surface area contributed by atoms with E-state index in [2.05, 4.69) is 42.5 Å². The number of nitrogens with two attached hydrogens (primary N) is 1. The first kappa shape index (κ1) is 23.4. The van der Waals surface area contributed by atoms with Crippen LogP contribution in [0.4, 0.5) is 11.8 Å². The number of anilines is 2. The summed E-state index contributed by atoms with van der Waals surface area (Å²) in [4.78, 5) is 21.9. The lowest BCUT2D eigenvalue weighted by Crippen LogP contribution is -2.39. The van der Waals surface area contributed by atoms with Crippen LogP contribution in [-0.4, -0.2) is 44.7 Å². The zero-order valence-electron chi connectivity index (χ0n) is 19.5. The highest BCUT2D eigenvalue weighted by Gasteiger charge is 2.42. The number of hydrogen-bond donors (Lipinski definition) is 2. The summed E-state index contributed by atoms with van der Waals surface area (Å²) >= 11 is 0. The van der Waals surface area contributed by atoms with Crippen LogP contribution in [0.2, 0.25) is 0 Å². The molecule has 176 valence electrons. The van der Waals surface area contributed by atoms with Crippen molar-refractivity contribution in [1.82, 2.24) is 24.9 Å². The van der Waals surface area contributed by atoms with E-state index in [4.69, 9.17) is 15.2 Å². The molecular weight excluding hydrogens is 430 g/mol. The molecule has 0 unspecified atom stereocenters. The molecule has 0 saturated heterocycles. The standard InChI is InChI=1S/C25H29N7O2/c1-4-20(25(11-8-18(33-3)9-12-25)21-10-13-28-24(26)32-21)31-22-7-6-17(14-29-22)19-15-27-16-23(30-19)34-5-2/h6-7,10,13-16,18H,1,5,8-9,11-12H2,2-3H3,(H,29,31)(H2,26,28,32). The Morgan fingerprint density at radius 1 is 1.18 bits per heavy atom. The van der Waals surface area contributed by atoms with Crippen LogP contribution in [0.5, 0.6) is 5.88 Å². The molecule has 0 bridgehead atoms. The monoisotopic (exact) mass is 459 g/mol. The SMILES string of the molecule is C=C=C(Nc1ccc(-c2cncc(OCC)n2)cn1)C1(c2ccnc(N)n2)CCC(OC)CC1. The van der Waals surface area contributed by atoms with E-state index in [0.717, 1.165) is 42.6 Å². The Morgan fingerprint density at radius 3 is 2.65 bits per heavy atom. The minimum atomic E-state index is -0.439. The lowest BCUT2D eigenvalue weighted by atomic mass is 9.68. The van der Waals surface area contributed by atoms with Crippen molar-refractivity contribution in [3.63, 3.8) is 0 Å². The normalized spacial score (nSPS) is 19.8. The molecule has 0 radical (unpaired) electrons. The van der Waals surface area contributed by atoms with Crippen LogP contribution in [0.3, 0.4) is 0 Å². The number of methoxy groups -OCH3 is 1. The first-order chi connectivity index (χ1) is 16.6. The number of allylic oxidation sites excluding steroid dienone is 1. The Bertz CT molecular complexity index is 1170. The lowest BCUT2D eigenvalue weighted by Gasteiger charge is -2.40. The van der Waals surface area contributed by atoms with Crippen molar-refractivity contribution in [3.8, 4) is 17.1 Å². The predicted octanol–water partition coefficient (Wildman–Crippen LogP) is 3.92. The molecule has 0 aliphatic heterocycles. The summed E-state index contributed by atoms with van der Waals surface area (Å²) in [6.45, 7) is 6.40. The topological polar surface area (TPSA) is 121 Å². The van der Waals surface area contributed by atoms with E-state index in [1.165, 1.54) is 0 Å². The second kappa shape index (κ2) is 10.4. The summed E-state index contributed by atoms with van der Waals surface area (Å²) in [5, 5.41) is 3.43. The van der Waals surface area contributed by atoms with Crippen molar-refractivity contribution in [2.75, 3.05) is 24.8 Å². The maximum absolute atomic E-state index is 5.93. The zero-order valence-corrected chi connectivity index (χ0v) is 19.5. The highest BCUT2D eigenvalue weighted by Crippen LogP contribution is 2.44. The maximum atomic E-state index is 5.93. The molecule has 9 nitrogen and oxygen atoms in total. The highest BCUT2D eigenvalue weighted by molar-refractivity contribution is 5.60. The molecule has 4 rings (SSSR count). The molecule has 1 aliphatic carbocycles. The lowest BCUT2D eigenvalue weighted by molar-refractivity contribution is 0.0540. The van der Waals surface area contributed by atoms with Crippen molar-refractivity contribution >= 4 is 11.8 Å². The quantitative estimate of drug-likeness (QED) is 0.483. The van der Waals surface area contributed by atoms with Gasteiger partial charge in [-0.2, -0.15) is 0 Å². The minimum Gasteiger partial charge on any atom is -0.477 e. The van der Waals surface area contributed by atoms with Crippen LogP contribution in [-0.2, 0) is 10.2 Å². The first-order valence-electron chi connectivity index (χ1n) is 11.3. The van der Waals surface area contributed by atoms with Gasteiger partial charge in [-0.1, -0.05) is 6.58 Å². The fourth-order valence-corrected chi connectivity index (χ4v) is 4.38. The van der Waals surface area contributed by atoms with Crippen LogP contribution in [0, 0.1) is 0 Å². The molecule has 1 saturated carbocycles. The van der Waals surface area contributed by atoms with Crippen LogP contribution in [0.1, 0.15) is 38.3 Å². The van der Waals surface area contributed by atoms with Gasteiger partial charge in [0.15, 0.2) is 0 Å². The molecule has 9 heteroatoms. The van der Waals surface area contributed by atoms with E-state index in [0.29, 0.717) is 24.0 Å². The van der Waals surface area contributed by atoms with Crippen molar-refractivity contribution < 1.29 is 9.47 Å². The van der Waals surface area contributed by atoms with E-state index in [1.54, 1.807) is 31.9 Å². The van der Waals surface area contributed by atoms with E-state index < -0.39 is 5.41 Å². The Kier molecular flexibility index (Phi) is 7.15. The summed E-state index contributed by atoms with van der Waals surface area (Å²) in [7, 11) is 1.75. The zero-order chi connectivity index (χ0) is 24.0. The van der Waals surface area contributed by atoms with E-state index in [-0.39, 0.29) is 12.1 Å². The predicted molar refractivity (Wildman–Crippen MR) is 130 cm³/mol. The van der Waals surface area contributed by atoms with E-state index in [9.17, 15) is 0 Å². The molecule has 0 atom stereocenters. The van der Waals surface area contributed by atoms with Gasteiger partial charge in [0.1, 0.15) is 5.82 Å². The second-order valence-corrected chi connectivity index (χ2v) is 8.10. The van der Waals surface area contributed by atoms with E-state index in [1.807, 2.05) is 25.1 Å². The minimum absolute atomic E-state index is 0.212. The van der Waals surface area contributed by atoms with Gasteiger partial charge in [-0.3, -0.25) is 4.98 Å².